The van der Waals surface area contributed by atoms with Gasteiger partial charge in [0.25, 0.3) is 10.0 Å². The predicted octanol–water partition coefficient (Wildman–Crippen LogP) is 4.86. The van der Waals surface area contributed by atoms with Crippen molar-refractivity contribution in [1.82, 2.24) is 10.2 Å². The zero-order chi connectivity index (χ0) is 29.3. The van der Waals surface area contributed by atoms with Gasteiger partial charge in [-0.3, -0.25) is 13.9 Å². The van der Waals surface area contributed by atoms with E-state index >= 15 is 0 Å². The van der Waals surface area contributed by atoms with E-state index in [1.165, 1.54) is 28.8 Å². The number of hydrogen-bond acceptors (Lipinski definition) is 6. The van der Waals surface area contributed by atoms with Crippen LogP contribution in [0.5, 0.6) is 5.75 Å². The molecule has 0 spiro atoms. The lowest BCUT2D eigenvalue weighted by Crippen LogP contribution is -2.51. The molecule has 1 N–H and O–H groups in total. The minimum atomic E-state index is -4.19. The number of amides is 2. The van der Waals surface area contributed by atoms with Crippen molar-refractivity contribution in [2.24, 2.45) is 0 Å². The van der Waals surface area contributed by atoms with E-state index in [0.29, 0.717) is 18.9 Å². The number of likely N-dealkylation sites (N-methyl/N-ethyl adjacent to an activating group) is 1. The number of sulfonamides is 1. The van der Waals surface area contributed by atoms with Gasteiger partial charge >= 0.3 is 0 Å². The van der Waals surface area contributed by atoms with Crippen molar-refractivity contribution < 1.29 is 22.7 Å². The van der Waals surface area contributed by atoms with Crippen LogP contribution in [0.2, 0.25) is 0 Å². The summed E-state index contributed by atoms with van der Waals surface area (Å²) in [6.45, 7) is 7.56. The second kappa shape index (κ2) is 14.2. The Labute approximate surface area is 241 Å². The highest BCUT2D eigenvalue weighted by Gasteiger charge is 2.33. The van der Waals surface area contributed by atoms with Gasteiger partial charge in [-0.25, -0.2) is 8.42 Å². The SMILES string of the molecule is CCNC(=O)[C@@H](C)N(Cc1ccc(C)cc1)C(=O)CN(c1ccccc1OCC)S(=O)(=O)c1ccc(SC)cc1. The van der Waals surface area contributed by atoms with Crippen LogP contribution in [0.1, 0.15) is 31.9 Å². The number of carbonyl (C=O) groups excluding carboxylic acids is 2. The molecule has 8 nitrogen and oxygen atoms in total. The summed E-state index contributed by atoms with van der Waals surface area (Å²) >= 11 is 1.50. The van der Waals surface area contributed by atoms with Crippen molar-refractivity contribution in [2.75, 3.05) is 30.3 Å². The molecule has 3 aromatic carbocycles. The van der Waals surface area contributed by atoms with Crippen molar-refractivity contribution in [2.45, 2.75) is 50.1 Å². The van der Waals surface area contributed by atoms with E-state index in [-0.39, 0.29) is 23.0 Å². The van der Waals surface area contributed by atoms with Crippen LogP contribution < -0.4 is 14.4 Å². The van der Waals surface area contributed by atoms with Crippen LogP contribution >= 0.6 is 11.8 Å². The highest BCUT2D eigenvalue weighted by molar-refractivity contribution is 7.98. The number of ether oxygens (including phenoxy) is 1. The first-order valence-corrected chi connectivity index (χ1v) is 15.8. The fraction of sp³-hybridized carbons (Fsp3) is 0.333. The Hall–Kier alpha value is -3.50. The van der Waals surface area contributed by atoms with Crippen LogP contribution in [0.15, 0.2) is 82.6 Å². The van der Waals surface area contributed by atoms with E-state index < -0.39 is 28.5 Å². The van der Waals surface area contributed by atoms with Gasteiger partial charge in [0, 0.05) is 18.0 Å². The van der Waals surface area contributed by atoms with Crippen LogP contribution in [0.3, 0.4) is 0 Å². The van der Waals surface area contributed by atoms with E-state index in [4.69, 9.17) is 4.74 Å². The highest BCUT2D eigenvalue weighted by Crippen LogP contribution is 2.33. The summed E-state index contributed by atoms with van der Waals surface area (Å²) < 4.78 is 34.9. The van der Waals surface area contributed by atoms with Gasteiger partial charge in [-0.2, -0.15) is 0 Å². The molecule has 0 aromatic heterocycles. The van der Waals surface area contributed by atoms with Crippen molar-refractivity contribution in [3.05, 3.63) is 83.9 Å². The van der Waals surface area contributed by atoms with Crippen molar-refractivity contribution in [1.29, 1.82) is 0 Å². The standard InChI is InChI=1S/C30H37N3O5S2/c1-6-31-30(35)23(4)32(20-24-14-12-22(3)13-15-24)29(34)21-33(27-10-8-9-11-28(27)38-7-2)40(36,37)26-18-16-25(39-5)17-19-26/h8-19,23H,6-7,20-21H2,1-5H3,(H,31,35)/t23-/m1/s1. The third-order valence-corrected chi connectivity index (χ3v) is 8.87. The average molecular weight is 584 g/mol. The lowest BCUT2D eigenvalue weighted by atomic mass is 10.1. The van der Waals surface area contributed by atoms with Crippen LogP contribution in [0.25, 0.3) is 0 Å². The number of nitrogens with one attached hydrogen (secondary N) is 1. The molecule has 0 bridgehead atoms. The molecule has 0 aliphatic rings. The van der Waals surface area contributed by atoms with Crippen LogP contribution in [0.4, 0.5) is 5.69 Å². The summed E-state index contributed by atoms with van der Waals surface area (Å²) in [5, 5.41) is 2.77. The number of hydrogen-bond donors (Lipinski definition) is 1. The molecular formula is C30H37N3O5S2. The second-order valence-electron chi connectivity index (χ2n) is 9.17. The molecule has 3 aromatic rings. The number of rotatable bonds is 13. The molecule has 2 amide bonds. The van der Waals surface area contributed by atoms with Gasteiger partial charge < -0.3 is 15.0 Å². The molecule has 0 radical (unpaired) electrons. The number of anilines is 1. The summed E-state index contributed by atoms with van der Waals surface area (Å²) in [6, 6.07) is 20.1. The van der Waals surface area contributed by atoms with E-state index in [2.05, 4.69) is 5.32 Å². The Kier molecular flexibility index (Phi) is 11.0. The summed E-state index contributed by atoms with van der Waals surface area (Å²) in [7, 11) is -4.19. The van der Waals surface area contributed by atoms with Crippen LogP contribution in [0, 0.1) is 6.92 Å². The van der Waals surface area contributed by atoms with E-state index in [1.54, 1.807) is 57.2 Å². The fourth-order valence-corrected chi connectivity index (χ4v) is 5.96. The third-order valence-electron chi connectivity index (χ3n) is 6.35. The third kappa shape index (κ3) is 7.57. The van der Waals surface area contributed by atoms with Gasteiger partial charge in [0.05, 0.1) is 17.2 Å². The van der Waals surface area contributed by atoms with Gasteiger partial charge in [-0.15, -0.1) is 11.8 Å². The maximum absolute atomic E-state index is 14.1. The maximum atomic E-state index is 14.1. The first-order chi connectivity index (χ1) is 19.1. The summed E-state index contributed by atoms with van der Waals surface area (Å²) in [5.41, 5.74) is 2.13. The van der Waals surface area contributed by atoms with Gasteiger partial charge in [0.1, 0.15) is 18.3 Å². The summed E-state index contributed by atoms with van der Waals surface area (Å²) in [6.07, 6.45) is 1.91. The van der Waals surface area contributed by atoms with Crippen molar-refractivity contribution in [3.8, 4) is 5.75 Å². The average Bonchev–Trinajstić information content (AvgIpc) is 2.95. The Morgan fingerprint density at radius 2 is 1.62 bits per heavy atom. The van der Waals surface area contributed by atoms with E-state index in [0.717, 1.165) is 20.3 Å². The number of benzene rings is 3. The number of aryl methyl sites for hydroxylation is 1. The number of carbonyl (C=O) groups is 2. The highest BCUT2D eigenvalue weighted by atomic mass is 32.2. The fourth-order valence-electron chi connectivity index (χ4n) is 4.12. The second-order valence-corrected chi connectivity index (χ2v) is 11.9. The molecule has 0 fully saturated rings. The van der Waals surface area contributed by atoms with Gasteiger partial charge in [0.15, 0.2) is 0 Å². The van der Waals surface area contributed by atoms with E-state index in [9.17, 15) is 18.0 Å². The lowest BCUT2D eigenvalue weighted by Gasteiger charge is -2.32. The zero-order valence-corrected chi connectivity index (χ0v) is 25.2. The molecule has 0 unspecified atom stereocenters. The minimum absolute atomic E-state index is 0.0475. The zero-order valence-electron chi connectivity index (χ0n) is 23.6. The molecular weight excluding hydrogens is 546 g/mol. The molecule has 0 saturated heterocycles. The van der Waals surface area contributed by atoms with Crippen molar-refractivity contribution >= 4 is 39.3 Å². The normalized spacial score (nSPS) is 11.9. The molecule has 10 heteroatoms. The quantitative estimate of drug-likeness (QED) is 0.289. The Bertz CT molecular complexity index is 1390. The molecule has 1 atom stereocenters. The molecule has 214 valence electrons. The van der Waals surface area contributed by atoms with Crippen LogP contribution in [-0.2, 0) is 26.2 Å². The van der Waals surface area contributed by atoms with Crippen molar-refractivity contribution in [3.63, 3.8) is 0 Å². The smallest absolute Gasteiger partial charge is 0.264 e. The Morgan fingerprint density at radius 1 is 0.975 bits per heavy atom. The summed E-state index contributed by atoms with van der Waals surface area (Å²) in [5.74, 6) is -0.501. The monoisotopic (exact) mass is 583 g/mol. The molecule has 0 saturated carbocycles. The molecule has 3 rings (SSSR count). The van der Waals surface area contributed by atoms with E-state index in [1.807, 2.05) is 37.4 Å². The molecule has 0 aliphatic heterocycles. The van der Waals surface area contributed by atoms with Crippen LogP contribution in [-0.4, -0.2) is 57.1 Å². The lowest BCUT2D eigenvalue weighted by molar-refractivity contribution is -0.139. The largest absolute Gasteiger partial charge is 0.492 e. The molecule has 0 heterocycles. The number of thioether (sulfide) groups is 1. The minimum Gasteiger partial charge on any atom is -0.492 e. The molecule has 40 heavy (non-hydrogen) atoms. The first kappa shape index (κ1) is 31.0. The van der Waals surface area contributed by atoms with Gasteiger partial charge in [0.2, 0.25) is 11.8 Å². The maximum Gasteiger partial charge on any atom is 0.264 e. The Morgan fingerprint density at radius 3 is 2.23 bits per heavy atom. The number of nitrogens with zero attached hydrogens (tertiary/aromatic N) is 2. The summed E-state index contributed by atoms with van der Waals surface area (Å²) in [4.78, 5) is 29.2. The number of para-hydroxylation sites is 2. The molecule has 0 aliphatic carbocycles. The Balaban J connectivity index is 2.08. The predicted molar refractivity (Wildman–Crippen MR) is 160 cm³/mol. The van der Waals surface area contributed by atoms with Gasteiger partial charge in [-0.1, -0.05) is 42.0 Å². The first-order valence-electron chi connectivity index (χ1n) is 13.1. The topological polar surface area (TPSA) is 96.0 Å². The van der Waals surface area contributed by atoms with Gasteiger partial charge in [-0.05, 0) is 75.9 Å².